The van der Waals surface area contributed by atoms with Gasteiger partial charge in [0.25, 0.3) is 0 Å². The van der Waals surface area contributed by atoms with Crippen molar-refractivity contribution in [2.75, 3.05) is 6.54 Å². The standard InChI is InChI=1S/C16H24N4O/c1-16(2,3)13-7-5-12(6-8-13)15(21)11-17-9-14-10-18-19-20(14)4/h5-8,10,15,17,21H,9,11H2,1-4H3. The Morgan fingerprint density at radius 3 is 2.43 bits per heavy atom. The molecule has 0 fully saturated rings. The van der Waals surface area contributed by atoms with Crippen LogP contribution in [-0.4, -0.2) is 26.6 Å². The Balaban J connectivity index is 1.88. The number of nitrogens with one attached hydrogen (secondary N) is 1. The van der Waals surface area contributed by atoms with Gasteiger partial charge < -0.3 is 10.4 Å². The number of benzene rings is 1. The van der Waals surface area contributed by atoms with Gasteiger partial charge in [-0.25, -0.2) is 0 Å². The Hall–Kier alpha value is -1.72. The van der Waals surface area contributed by atoms with Gasteiger partial charge in [0.15, 0.2) is 0 Å². The number of aliphatic hydroxyl groups excluding tert-OH is 1. The average Bonchev–Trinajstić information content (AvgIpc) is 2.83. The van der Waals surface area contributed by atoms with Crippen molar-refractivity contribution in [3.05, 3.63) is 47.3 Å². The number of aromatic nitrogens is 3. The van der Waals surface area contributed by atoms with Gasteiger partial charge in [-0.1, -0.05) is 50.3 Å². The molecule has 2 aromatic rings. The Kier molecular flexibility index (Phi) is 4.75. The molecule has 1 aromatic carbocycles. The highest BCUT2D eigenvalue weighted by Crippen LogP contribution is 2.23. The minimum Gasteiger partial charge on any atom is -0.387 e. The first-order valence-electron chi connectivity index (χ1n) is 7.20. The van der Waals surface area contributed by atoms with E-state index in [1.807, 2.05) is 19.2 Å². The average molecular weight is 288 g/mol. The van der Waals surface area contributed by atoms with Crippen LogP contribution in [-0.2, 0) is 19.0 Å². The zero-order valence-corrected chi connectivity index (χ0v) is 13.2. The maximum absolute atomic E-state index is 10.2. The fourth-order valence-corrected chi connectivity index (χ4v) is 2.13. The molecule has 0 saturated carbocycles. The molecule has 5 nitrogen and oxygen atoms in total. The summed E-state index contributed by atoms with van der Waals surface area (Å²) in [6.45, 7) is 7.69. The van der Waals surface area contributed by atoms with Crippen LogP contribution in [0.4, 0.5) is 0 Å². The van der Waals surface area contributed by atoms with E-state index in [-0.39, 0.29) is 5.41 Å². The molecule has 0 aliphatic heterocycles. The van der Waals surface area contributed by atoms with Crippen molar-refractivity contribution in [1.29, 1.82) is 0 Å². The summed E-state index contributed by atoms with van der Waals surface area (Å²) >= 11 is 0. The summed E-state index contributed by atoms with van der Waals surface area (Å²) in [4.78, 5) is 0. The molecule has 114 valence electrons. The van der Waals surface area contributed by atoms with Gasteiger partial charge in [0.05, 0.1) is 18.0 Å². The minimum absolute atomic E-state index is 0.133. The van der Waals surface area contributed by atoms with Crippen LogP contribution in [0.15, 0.2) is 30.5 Å². The molecule has 2 N–H and O–H groups in total. The van der Waals surface area contributed by atoms with E-state index in [4.69, 9.17) is 0 Å². The van der Waals surface area contributed by atoms with E-state index in [1.165, 1.54) is 5.56 Å². The number of aryl methyl sites for hydroxylation is 1. The third-order valence-corrected chi connectivity index (χ3v) is 3.61. The summed E-state index contributed by atoms with van der Waals surface area (Å²) in [5.41, 5.74) is 3.32. The minimum atomic E-state index is -0.514. The monoisotopic (exact) mass is 288 g/mol. The maximum atomic E-state index is 10.2. The van der Waals surface area contributed by atoms with Crippen molar-refractivity contribution in [3.8, 4) is 0 Å². The first-order valence-corrected chi connectivity index (χ1v) is 7.20. The van der Waals surface area contributed by atoms with Gasteiger partial charge in [-0.15, -0.1) is 5.10 Å². The van der Waals surface area contributed by atoms with E-state index in [1.54, 1.807) is 10.9 Å². The Morgan fingerprint density at radius 2 is 1.90 bits per heavy atom. The second kappa shape index (κ2) is 6.37. The number of aliphatic hydroxyl groups is 1. The number of hydrogen-bond donors (Lipinski definition) is 2. The summed E-state index contributed by atoms with van der Waals surface area (Å²) in [5.74, 6) is 0. The second-order valence-corrected chi connectivity index (χ2v) is 6.37. The molecular weight excluding hydrogens is 264 g/mol. The maximum Gasteiger partial charge on any atom is 0.0914 e. The lowest BCUT2D eigenvalue weighted by Crippen LogP contribution is -2.22. The van der Waals surface area contributed by atoms with E-state index < -0.39 is 6.10 Å². The quantitative estimate of drug-likeness (QED) is 0.882. The van der Waals surface area contributed by atoms with Crippen LogP contribution < -0.4 is 5.32 Å². The van der Waals surface area contributed by atoms with Crippen LogP contribution in [0.3, 0.4) is 0 Å². The molecule has 0 saturated heterocycles. The second-order valence-electron chi connectivity index (χ2n) is 6.37. The summed E-state index contributed by atoms with van der Waals surface area (Å²) in [7, 11) is 1.85. The van der Waals surface area contributed by atoms with Gasteiger partial charge in [0.2, 0.25) is 0 Å². The summed E-state index contributed by atoms with van der Waals surface area (Å²) in [6, 6.07) is 8.17. The number of hydrogen-bond acceptors (Lipinski definition) is 4. The number of rotatable bonds is 5. The van der Waals surface area contributed by atoms with Crippen LogP contribution in [0.1, 0.15) is 43.7 Å². The van der Waals surface area contributed by atoms with Crippen molar-refractivity contribution in [2.24, 2.45) is 7.05 Å². The van der Waals surface area contributed by atoms with E-state index in [0.29, 0.717) is 13.1 Å². The Labute approximate surface area is 126 Å². The molecule has 1 heterocycles. The Morgan fingerprint density at radius 1 is 1.24 bits per heavy atom. The predicted octanol–water partition coefficient (Wildman–Crippen LogP) is 1.94. The van der Waals surface area contributed by atoms with Gasteiger partial charge in [-0.05, 0) is 16.5 Å². The van der Waals surface area contributed by atoms with E-state index in [9.17, 15) is 5.11 Å². The van der Waals surface area contributed by atoms with Crippen molar-refractivity contribution in [3.63, 3.8) is 0 Å². The zero-order valence-electron chi connectivity index (χ0n) is 13.2. The zero-order chi connectivity index (χ0) is 15.5. The van der Waals surface area contributed by atoms with Crippen molar-refractivity contribution < 1.29 is 5.11 Å². The van der Waals surface area contributed by atoms with Crippen LogP contribution in [0.25, 0.3) is 0 Å². The van der Waals surface area contributed by atoms with Gasteiger partial charge in [0, 0.05) is 20.1 Å². The van der Waals surface area contributed by atoms with Gasteiger partial charge in [-0.2, -0.15) is 0 Å². The van der Waals surface area contributed by atoms with Gasteiger partial charge >= 0.3 is 0 Å². The molecule has 21 heavy (non-hydrogen) atoms. The van der Waals surface area contributed by atoms with Crippen LogP contribution in [0.2, 0.25) is 0 Å². The van der Waals surface area contributed by atoms with Crippen LogP contribution >= 0.6 is 0 Å². The molecule has 0 radical (unpaired) electrons. The molecule has 1 atom stereocenters. The molecule has 0 spiro atoms. The van der Waals surface area contributed by atoms with Crippen molar-refractivity contribution in [1.82, 2.24) is 20.3 Å². The first kappa shape index (κ1) is 15.7. The molecule has 0 aliphatic rings. The van der Waals surface area contributed by atoms with Gasteiger partial charge in [0.1, 0.15) is 0 Å². The SMILES string of the molecule is Cn1nncc1CNCC(O)c1ccc(C(C)(C)C)cc1. The lowest BCUT2D eigenvalue weighted by atomic mass is 9.86. The molecule has 0 aliphatic carbocycles. The number of nitrogens with zero attached hydrogens (tertiary/aromatic N) is 3. The summed E-state index contributed by atoms with van der Waals surface area (Å²) in [6.07, 6.45) is 1.21. The third-order valence-electron chi connectivity index (χ3n) is 3.61. The van der Waals surface area contributed by atoms with Crippen LogP contribution in [0.5, 0.6) is 0 Å². The molecule has 1 unspecified atom stereocenters. The lowest BCUT2D eigenvalue weighted by molar-refractivity contribution is 0.174. The molecule has 5 heteroatoms. The molecule has 0 amide bonds. The van der Waals surface area contributed by atoms with Crippen molar-refractivity contribution in [2.45, 2.75) is 38.8 Å². The van der Waals surface area contributed by atoms with Crippen LogP contribution in [0, 0.1) is 0 Å². The molecular formula is C16H24N4O. The first-order chi connectivity index (χ1) is 9.88. The van der Waals surface area contributed by atoms with Gasteiger partial charge in [-0.3, -0.25) is 4.68 Å². The van der Waals surface area contributed by atoms with E-state index >= 15 is 0 Å². The Bertz CT molecular complexity index is 569. The van der Waals surface area contributed by atoms with Crippen molar-refractivity contribution >= 4 is 0 Å². The summed E-state index contributed by atoms with van der Waals surface area (Å²) in [5, 5.41) is 21.1. The van der Waals surface area contributed by atoms with E-state index in [0.717, 1.165) is 11.3 Å². The summed E-state index contributed by atoms with van der Waals surface area (Å²) < 4.78 is 1.72. The molecule has 0 bridgehead atoms. The fraction of sp³-hybridized carbons (Fsp3) is 0.500. The topological polar surface area (TPSA) is 63.0 Å². The van der Waals surface area contributed by atoms with E-state index in [2.05, 4.69) is 48.5 Å². The fourth-order valence-electron chi connectivity index (χ4n) is 2.13. The normalized spacial score (nSPS) is 13.4. The smallest absolute Gasteiger partial charge is 0.0914 e. The molecule has 2 rings (SSSR count). The predicted molar refractivity (Wildman–Crippen MR) is 82.8 cm³/mol. The molecule has 1 aromatic heterocycles. The lowest BCUT2D eigenvalue weighted by Gasteiger charge is -2.20. The third kappa shape index (κ3) is 4.12. The highest BCUT2D eigenvalue weighted by Gasteiger charge is 2.14. The highest BCUT2D eigenvalue weighted by molar-refractivity contribution is 5.28. The highest BCUT2D eigenvalue weighted by atomic mass is 16.3. The largest absolute Gasteiger partial charge is 0.387 e.